The molecule has 0 bridgehead atoms. The van der Waals surface area contributed by atoms with E-state index in [1.54, 1.807) is 17.6 Å². The Kier molecular flexibility index (Phi) is 6.15. The fourth-order valence-corrected chi connectivity index (χ4v) is 7.68. The summed E-state index contributed by atoms with van der Waals surface area (Å²) >= 11 is 5.57. The normalized spacial score (nSPS) is 18.6. The van der Waals surface area contributed by atoms with Crippen LogP contribution in [0, 0.1) is 0 Å². The molecule has 38 heavy (non-hydrogen) atoms. The van der Waals surface area contributed by atoms with E-state index in [1.165, 1.54) is 10.8 Å². The molecule has 7 nitrogen and oxygen atoms in total. The maximum atomic E-state index is 13.7. The number of carbonyl (C=O) groups is 2. The van der Waals surface area contributed by atoms with Crippen LogP contribution in [0.5, 0.6) is 0 Å². The predicted molar refractivity (Wildman–Crippen MR) is 151 cm³/mol. The topological polar surface area (TPSA) is 87.5 Å². The summed E-state index contributed by atoms with van der Waals surface area (Å²) in [6, 6.07) is 8.36. The van der Waals surface area contributed by atoms with Gasteiger partial charge in [0.25, 0.3) is 5.56 Å². The van der Waals surface area contributed by atoms with Crippen LogP contribution in [0.3, 0.4) is 0 Å². The number of ether oxygens (including phenoxy) is 2. The number of halogens is 1. The number of benzene rings is 1. The second kappa shape index (κ2) is 8.78. The van der Waals surface area contributed by atoms with Crippen molar-refractivity contribution in [2.45, 2.75) is 84.3 Å². The summed E-state index contributed by atoms with van der Waals surface area (Å²) in [7, 11) is -1.77. The molecule has 9 heteroatoms. The molecule has 200 valence electrons. The Balaban J connectivity index is 1.76. The molecule has 2 aromatic heterocycles. The Labute approximate surface area is 228 Å². The Bertz CT molecular complexity index is 1590. The standard InChI is InChI=1S/C29H33ClN2O5Si/c1-8-17-18-12-16(38(6,7)28(3,4)5)10-11-22(18)31-24-19(17)14-32-23(24)13-21-20(25(32)33)15-36-26(34)29(21,9-2)37-27(30)35/h10-13H,8-9,14-15H2,1-7H3. The summed E-state index contributed by atoms with van der Waals surface area (Å²) < 4.78 is 12.3. The van der Waals surface area contributed by atoms with E-state index in [1.807, 2.05) is 0 Å². The van der Waals surface area contributed by atoms with Crippen LogP contribution in [-0.2, 0) is 39.4 Å². The van der Waals surface area contributed by atoms with Gasteiger partial charge in [-0.3, -0.25) is 4.79 Å². The van der Waals surface area contributed by atoms with Crippen molar-refractivity contribution in [2.24, 2.45) is 0 Å². The van der Waals surface area contributed by atoms with Gasteiger partial charge in [-0.05, 0) is 35.6 Å². The lowest BCUT2D eigenvalue weighted by Crippen LogP contribution is -2.49. The number of cyclic esters (lactones) is 1. The monoisotopic (exact) mass is 552 g/mol. The van der Waals surface area contributed by atoms with Crippen molar-refractivity contribution in [1.82, 2.24) is 9.55 Å². The van der Waals surface area contributed by atoms with Gasteiger partial charge in [-0.1, -0.05) is 65.0 Å². The molecule has 1 aromatic carbocycles. The first kappa shape index (κ1) is 26.6. The van der Waals surface area contributed by atoms with Crippen LogP contribution in [0.25, 0.3) is 22.3 Å². The molecule has 5 rings (SSSR count). The van der Waals surface area contributed by atoms with E-state index in [2.05, 4.69) is 59.0 Å². The first-order chi connectivity index (χ1) is 17.8. The zero-order valence-electron chi connectivity index (χ0n) is 23.0. The van der Waals surface area contributed by atoms with E-state index >= 15 is 0 Å². The zero-order valence-corrected chi connectivity index (χ0v) is 24.7. The molecular formula is C29H33ClN2O5Si. The molecule has 0 saturated heterocycles. The predicted octanol–water partition coefficient (Wildman–Crippen LogP) is 5.74. The highest BCUT2D eigenvalue weighted by Crippen LogP contribution is 2.42. The van der Waals surface area contributed by atoms with Crippen LogP contribution in [0.1, 0.15) is 63.3 Å². The average molecular weight is 553 g/mol. The molecule has 0 fully saturated rings. The van der Waals surface area contributed by atoms with Gasteiger partial charge in [-0.2, -0.15) is 0 Å². The molecule has 1 atom stereocenters. The van der Waals surface area contributed by atoms with E-state index in [-0.39, 0.29) is 23.6 Å². The lowest BCUT2D eigenvalue weighted by Gasteiger charge is -2.37. The fraction of sp³-hybridized carbons (Fsp3) is 0.448. The first-order valence-electron chi connectivity index (χ1n) is 13.1. The van der Waals surface area contributed by atoms with Crippen LogP contribution in [0.15, 0.2) is 29.1 Å². The Morgan fingerprint density at radius 1 is 1.18 bits per heavy atom. The number of nitrogens with zero attached hydrogens (tertiary/aromatic N) is 2. The van der Waals surface area contributed by atoms with Gasteiger partial charge in [0.15, 0.2) is 0 Å². The molecule has 4 heterocycles. The van der Waals surface area contributed by atoms with Crippen LogP contribution in [-0.4, -0.2) is 29.0 Å². The number of aryl methyl sites for hydroxylation is 1. The lowest BCUT2D eigenvalue weighted by molar-refractivity contribution is -0.171. The summed E-state index contributed by atoms with van der Waals surface area (Å²) in [5.74, 6) is -0.733. The Morgan fingerprint density at radius 2 is 1.89 bits per heavy atom. The Morgan fingerprint density at radius 3 is 2.50 bits per heavy atom. The summed E-state index contributed by atoms with van der Waals surface area (Å²) in [6.07, 6.45) is 0.865. The summed E-state index contributed by atoms with van der Waals surface area (Å²) in [4.78, 5) is 43.4. The van der Waals surface area contributed by atoms with Crippen molar-refractivity contribution in [3.05, 3.63) is 56.9 Å². The highest BCUT2D eigenvalue weighted by atomic mass is 35.5. The SMILES string of the molecule is CCc1c2c(nc3ccc([Si](C)(C)C(C)(C)C)cc13)-c1cc3c(c(=O)n1C2)COC(=O)C3(CC)OC(=O)Cl. The lowest BCUT2D eigenvalue weighted by atomic mass is 9.85. The van der Waals surface area contributed by atoms with Crippen molar-refractivity contribution in [1.29, 1.82) is 0 Å². The number of hydrogen-bond acceptors (Lipinski definition) is 6. The molecule has 2 aliphatic heterocycles. The number of carbonyl (C=O) groups excluding carboxylic acids is 2. The third-order valence-electron chi connectivity index (χ3n) is 8.98. The van der Waals surface area contributed by atoms with Crippen LogP contribution in [0.4, 0.5) is 4.79 Å². The van der Waals surface area contributed by atoms with E-state index in [4.69, 9.17) is 26.1 Å². The maximum Gasteiger partial charge on any atom is 0.405 e. The van der Waals surface area contributed by atoms with Crippen molar-refractivity contribution in [3.63, 3.8) is 0 Å². The minimum atomic E-state index is -1.77. The van der Waals surface area contributed by atoms with Crippen molar-refractivity contribution in [2.75, 3.05) is 0 Å². The summed E-state index contributed by atoms with van der Waals surface area (Å²) in [5.41, 5.74) is 1.81. The van der Waals surface area contributed by atoms with Gasteiger partial charge in [-0.25, -0.2) is 14.6 Å². The molecular weight excluding hydrogens is 520 g/mol. The quantitative estimate of drug-likeness (QED) is 0.182. The number of aromatic nitrogens is 2. The van der Waals surface area contributed by atoms with Crippen LogP contribution >= 0.6 is 11.6 Å². The molecule has 0 N–H and O–H groups in total. The molecule has 0 saturated carbocycles. The third kappa shape index (κ3) is 3.67. The second-order valence-corrected chi connectivity index (χ2v) is 17.4. The van der Waals surface area contributed by atoms with Gasteiger partial charge in [0.1, 0.15) is 6.61 Å². The number of hydrogen-bond donors (Lipinski definition) is 0. The molecule has 0 spiro atoms. The van der Waals surface area contributed by atoms with E-state index in [0.29, 0.717) is 23.4 Å². The van der Waals surface area contributed by atoms with Gasteiger partial charge in [0, 0.05) is 28.1 Å². The molecule has 0 radical (unpaired) electrons. The third-order valence-corrected chi connectivity index (χ3v) is 14.6. The van der Waals surface area contributed by atoms with Gasteiger partial charge >= 0.3 is 11.4 Å². The molecule has 3 aromatic rings. The van der Waals surface area contributed by atoms with E-state index in [9.17, 15) is 14.4 Å². The van der Waals surface area contributed by atoms with Gasteiger partial charge in [0.2, 0.25) is 5.60 Å². The van der Waals surface area contributed by atoms with Gasteiger partial charge in [0.05, 0.1) is 37.1 Å². The van der Waals surface area contributed by atoms with Crippen molar-refractivity contribution < 1.29 is 19.1 Å². The average Bonchev–Trinajstić information content (AvgIpc) is 3.21. The number of esters is 1. The molecule has 1 unspecified atom stereocenters. The highest BCUT2D eigenvalue weighted by Gasteiger charge is 2.50. The van der Waals surface area contributed by atoms with Gasteiger partial charge < -0.3 is 14.0 Å². The Hall–Kier alpha value is -2.97. The van der Waals surface area contributed by atoms with Crippen molar-refractivity contribution >= 4 is 47.2 Å². The van der Waals surface area contributed by atoms with E-state index < -0.39 is 25.1 Å². The van der Waals surface area contributed by atoms with Crippen LogP contribution < -0.4 is 10.7 Å². The van der Waals surface area contributed by atoms with E-state index in [0.717, 1.165) is 28.6 Å². The molecule has 2 aliphatic rings. The van der Waals surface area contributed by atoms with Gasteiger partial charge in [-0.15, -0.1) is 0 Å². The number of pyridine rings is 2. The smallest absolute Gasteiger partial charge is 0.405 e. The second-order valence-electron chi connectivity index (χ2n) is 11.8. The summed E-state index contributed by atoms with van der Waals surface area (Å²) in [5, 5.41) is 2.69. The zero-order chi connectivity index (χ0) is 27.8. The first-order valence-corrected chi connectivity index (χ1v) is 16.4. The minimum absolute atomic E-state index is 0.0780. The highest BCUT2D eigenvalue weighted by molar-refractivity contribution is 6.92. The minimum Gasteiger partial charge on any atom is -0.457 e. The van der Waals surface area contributed by atoms with Crippen LogP contribution in [0.2, 0.25) is 18.1 Å². The number of fused-ring (bicyclic) bond motifs is 5. The number of rotatable bonds is 4. The maximum absolute atomic E-state index is 13.7. The molecule has 0 aliphatic carbocycles. The van der Waals surface area contributed by atoms with Crippen molar-refractivity contribution in [3.8, 4) is 11.4 Å². The fourth-order valence-electron chi connectivity index (χ4n) is 5.68. The largest absolute Gasteiger partial charge is 0.457 e. The summed E-state index contributed by atoms with van der Waals surface area (Å²) in [6.45, 7) is 15.7. The molecule has 0 amide bonds.